The number of aromatic hydroxyl groups is 1. The number of hydrogen-bond acceptors (Lipinski definition) is 5. The van der Waals surface area contributed by atoms with E-state index in [1.807, 2.05) is 6.07 Å². The quantitative estimate of drug-likeness (QED) is 0.750. The molecule has 0 fully saturated rings. The Hall–Kier alpha value is -2.40. The van der Waals surface area contributed by atoms with Gasteiger partial charge in [-0.2, -0.15) is 0 Å². The van der Waals surface area contributed by atoms with Gasteiger partial charge in [0.1, 0.15) is 21.2 Å². The van der Waals surface area contributed by atoms with Gasteiger partial charge in [0, 0.05) is 5.56 Å². The van der Waals surface area contributed by atoms with Crippen molar-refractivity contribution < 1.29 is 14.6 Å². The molecule has 0 radical (unpaired) electrons. The molecule has 2 heterocycles. The minimum Gasteiger partial charge on any atom is -0.506 e. The molecular formula is C15H11NO3S. The van der Waals surface area contributed by atoms with E-state index in [9.17, 15) is 9.90 Å². The zero-order chi connectivity index (χ0) is 14.1. The summed E-state index contributed by atoms with van der Waals surface area (Å²) in [6.45, 7) is 0. The molecule has 0 bridgehead atoms. The lowest BCUT2D eigenvalue weighted by molar-refractivity contribution is 0.104. The minimum absolute atomic E-state index is 0.0368. The van der Waals surface area contributed by atoms with E-state index in [0.29, 0.717) is 26.4 Å². The topological polar surface area (TPSA) is 59.4 Å². The summed E-state index contributed by atoms with van der Waals surface area (Å²) < 4.78 is 5.08. The molecule has 3 aromatic rings. The summed E-state index contributed by atoms with van der Waals surface area (Å²) in [5.41, 5.74) is 0.543. The fraction of sp³-hybridized carbons (Fsp3) is 0.0667. The molecule has 0 aliphatic heterocycles. The number of aromatic nitrogens is 1. The Morgan fingerprint density at radius 3 is 2.75 bits per heavy atom. The van der Waals surface area contributed by atoms with E-state index < -0.39 is 0 Å². The summed E-state index contributed by atoms with van der Waals surface area (Å²) in [6, 6.07) is 10.5. The summed E-state index contributed by atoms with van der Waals surface area (Å²) in [4.78, 5) is 17.5. The van der Waals surface area contributed by atoms with Gasteiger partial charge in [-0.15, -0.1) is 11.3 Å². The average molecular weight is 285 g/mol. The van der Waals surface area contributed by atoms with Crippen LogP contribution in [0, 0.1) is 0 Å². The molecule has 0 saturated heterocycles. The van der Waals surface area contributed by atoms with Crippen molar-refractivity contribution in [3.05, 3.63) is 53.0 Å². The van der Waals surface area contributed by atoms with Crippen LogP contribution in [0.15, 0.2) is 42.6 Å². The summed E-state index contributed by atoms with van der Waals surface area (Å²) in [5, 5.41) is 10.8. The third-order valence-corrected chi connectivity index (χ3v) is 4.07. The van der Waals surface area contributed by atoms with E-state index >= 15 is 0 Å². The van der Waals surface area contributed by atoms with E-state index in [-0.39, 0.29) is 11.5 Å². The Morgan fingerprint density at radius 1 is 1.30 bits per heavy atom. The Morgan fingerprint density at radius 2 is 2.05 bits per heavy atom. The van der Waals surface area contributed by atoms with Gasteiger partial charge in [-0.1, -0.05) is 30.3 Å². The van der Waals surface area contributed by atoms with Gasteiger partial charge in [0.2, 0.25) is 5.78 Å². The lowest BCUT2D eigenvalue weighted by Gasteiger charge is -1.99. The summed E-state index contributed by atoms with van der Waals surface area (Å²) >= 11 is 1.18. The number of benzene rings is 1. The number of ketones is 1. The second-order valence-electron chi connectivity index (χ2n) is 4.20. The van der Waals surface area contributed by atoms with Crippen molar-refractivity contribution in [3.8, 4) is 11.5 Å². The van der Waals surface area contributed by atoms with Crippen LogP contribution in [-0.2, 0) is 0 Å². The number of rotatable bonds is 3. The maximum atomic E-state index is 12.4. The highest BCUT2D eigenvalue weighted by Crippen LogP contribution is 2.38. The van der Waals surface area contributed by atoms with Crippen LogP contribution >= 0.6 is 11.3 Å². The van der Waals surface area contributed by atoms with Gasteiger partial charge in [-0.05, 0) is 6.07 Å². The van der Waals surface area contributed by atoms with Crippen LogP contribution in [0.2, 0.25) is 0 Å². The second-order valence-corrected chi connectivity index (χ2v) is 5.20. The molecule has 0 aliphatic carbocycles. The standard InChI is InChI=1S/C15H11NO3S/c1-19-10-7-11-13(18)14(20-15(11)16-8-10)12(17)9-5-3-2-4-6-9/h2-8,18H,1H3. The van der Waals surface area contributed by atoms with Crippen LogP contribution in [0.5, 0.6) is 11.5 Å². The zero-order valence-corrected chi connectivity index (χ0v) is 11.5. The van der Waals surface area contributed by atoms with Crippen LogP contribution in [0.4, 0.5) is 0 Å². The SMILES string of the molecule is COc1cnc2sc(C(=O)c3ccccc3)c(O)c2c1. The summed E-state index contributed by atoms with van der Waals surface area (Å²) in [7, 11) is 1.53. The summed E-state index contributed by atoms with van der Waals surface area (Å²) in [6.07, 6.45) is 1.56. The Labute approximate surface area is 119 Å². The molecule has 20 heavy (non-hydrogen) atoms. The number of methoxy groups -OCH3 is 1. The molecule has 0 spiro atoms. The third kappa shape index (κ3) is 2.02. The van der Waals surface area contributed by atoms with Crippen molar-refractivity contribution >= 4 is 27.3 Å². The molecule has 1 aromatic carbocycles. The van der Waals surface area contributed by atoms with Gasteiger partial charge < -0.3 is 9.84 Å². The maximum absolute atomic E-state index is 12.4. The minimum atomic E-state index is -0.204. The predicted octanol–water partition coefficient (Wildman–Crippen LogP) is 3.24. The van der Waals surface area contributed by atoms with Crippen LogP contribution in [-0.4, -0.2) is 23.0 Å². The lowest BCUT2D eigenvalue weighted by atomic mass is 10.1. The van der Waals surface area contributed by atoms with Crippen molar-refractivity contribution in [2.24, 2.45) is 0 Å². The molecule has 5 heteroatoms. The number of carbonyl (C=O) groups excluding carboxylic acids is 1. The Balaban J connectivity index is 2.13. The van der Waals surface area contributed by atoms with Gasteiger partial charge in [-0.3, -0.25) is 4.79 Å². The van der Waals surface area contributed by atoms with E-state index in [4.69, 9.17) is 4.74 Å². The smallest absolute Gasteiger partial charge is 0.206 e. The monoisotopic (exact) mass is 285 g/mol. The average Bonchev–Trinajstić information content (AvgIpc) is 2.84. The number of thiophene rings is 1. The number of ether oxygens (including phenoxy) is 1. The first-order valence-electron chi connectivity index (χ1n) is 5.96. The van der Waals surface area contributed by atoms with Crippen molar-refractivity contribution in [1.82, 2.24) is 4.98 Å². The van der Waals surface area contributed by atoms with Gasteiger partial charge >= 0.3 is 0 Å². The van der Waals surface area contributed by atoms with Crippen LogP contribution < -0.4 is 4.74 Å². The molecule has 100 valence electrons. The number of hydrogen-bond donors (Lipinski definition) is 1. The number of carbonyl (C=O) groups is 1. The van der Waals surface area contributed by atoms with Gasteiger partial charge in [0.05, 0.1) is 18.7 Å². The number of pyridine rings is 1. The number of nitrogens with zero attached hydrogens (tertiary/aromatic N) is 1. The van der Waals surface area contributed by atoms with Gasteiger partial charge in [-0.25, -0.2) is 4.98 Å². The predicted molar refractivity (Wildman–Crippen MR) is 77.7 cm³/mol. The summed E-state index contributed by atoms with van der Waals surface area (Å²) in [5.74, 6) is 0.305. The first kappa shape index (κ1) is 12.6. The molecule has 0 amide bonds. The Kier molecular flexibility index (Phi) is 3.12. The molecule has 4 nitrogen and oxygen atoms in total. The molecular weight excluding hydrogens is 274 g/mol. The van der Waals surface area contributed by atoms with Crippen molar-refractivity contribution in [2.45, 2.75) is 0 Å². The maximum Gasteiger partial charge on any atom is 0.206 e. The van der Waals surface area contributed by atoms with Gasteiger partial charge in [0.25, 0.3) is 0 Å². The fourth-order valence-corrected chi connectivity index (χ4v) is 2.92. The van der Waals surface area contributed by atoms with E-state index in [1.165, 1.54) is 18.4 Å². The molecule has 2 aromatic heterocycles. The highest BCUT2D eigenvalue weighted by molar-refractivity contribution is 7.21. The van der Waals surface area contributed by atoms with E-state index in [1.54, 1.807) is 36.5 Å². The third-order valence-electron chi connectivity index (χ3n) is 2.97. The first-order chi connectivity index (χ1) is 9.70. The van der Waals surface area contributed by atoms with Crippen LogP contribution in [0.3, 0.4) is 0 Å². The number of fused-ring (bicyclic) bond motifs is 1. The molecule has 3 rings (SSSR count). The Bertz CT molecular complexity index is 780. The first-order valence-corrected chi connectivity index (χ1v) is 6.77. The molecule has 0 aliphatic rings. The molecule has 0 atom stereocenters. The van der Waals surface area contributed by atoms with Gasteiger partial charge in [0.15, 0.2) is 0 Å². The van der Waals surface area contributed by atoms with Crippen LogP contribution in [0.1, 0.15) is 15.2 Å². The van der Waals surface area contributed by atoms with Crippen LogP contribution in [0.25, 0.3) is 10.2 Å². The largest absolute Gasteiger partial charge is 0.506 e. The fourth-order valence-electron chi connectivity index (χ4n) is 1.94. The van der Waals surface area contributed by atoms with Crippen molar-refractivity contribution in [2.75, 3.05) is 7.11 Å². The molecule has 0 unspecified atom stereocenters. The highest BCUT2D eigenvalue weighted by Gasteiger charge is 2.20. The van der Waals surface area contributed by atoms with E-state index in [2.05, 4.69) is 4.98 Å². The second kappa shape index (κ2) is 4.94. The van der Waals surface area contributed by atoms with Crippen molar-refractivity contribution in [1.29, 1.82) is 0 Å². The molecule has 0 saturated carbocycles. The van der Waals surface area contributed by atoms with E-state index in [0.717, 1.165) is 0 Å². The zero-order valence-electron chi connectivity index (χ0n) is 10.7. The molecule has 1 N–H and O–H groups in total. The van der Waals surface area contributed by atoms with Crippen molar-refractivity contribution in [3.63, 3.8) is 0 Å². The normalized spacial score (nSPS) is 10.7. The highest BCUT2D eigenvalue weighted by atomic mass is 32.1. The lowest BCUT2D eigenvalue weighted by Crippen LogP contribution is -1.97.